The molecule has 0 spiro atoms. The molecular formula is C32H23NO8. The summed E-state index contributed by atoms with van der Waals surface area (Å²) in [6.45, 7) is 1.35. The van der Waals surface area contributed by atoms with Crippen molar-refractivity contribution < 1.29 is 38.2 Å². The van der Waals surface area contributed by atoms with Crippen molar-refractivity contribution in [3.63, 3.8) is 0 Å². The Morgan fingerprint density at radius 3 is 2.05 bits per heavy atom. The SMILES string of the molecule is COc1ccccc1N1C(=O)c2ccc(C(=O)OCC(=O)c3ccc(OC(=O)c4ccc(C)cc4)cc3)cc2C1=O. The zero-order valence-corrected chi connectivity index (χ0v) is 22.1. The van der Waals surface area contributed by atoms with Crippen LogP contribution in [-0.2, 0) is 4.74 Å². The van der Waals surface area contributed by atoms with E-state index in [0.29, 0.717) is 11.3 Å². The number of amides is 2. The molecule has 1 aliphatic rings. The highest BCUT2D eigenvalue weighted by Crippen LogP contribution is 2.35. The predicted octanol–water partition coefficient (Wildman–Crippen LogP) is 5.06. The van der Waals surface area contributed by atoms with Gasteiger partial charge in [-0.15, -0.1) is 0 Å². The van der Waals surface area contributed by atoms with Crippen LogP contribution in [0.4, 0.5) is 5.69 Å². The Kier molecular flexibility index (Phi) is 7.43. The van der Waals surface area contributed by atoms with Crippen LogP contribution >= 0.6 is 0 Å². The number of para-hydroxylation sites is 2. The van der Waals surface area contributed by atoms with Crippen molar-refractivity contribution in [2.45, 2.75) is 6.92 Å². The van der Waals surface area contributed by atoms with Gasteiger partial charge in [-0.25, -0.2) is 14.5 Å². The van der Waals surface area contributed by atoms with Gasteiger partial charge in [0, 0.05) is 5.56 Å². The van der Waals surface area contributed by atoms with Crippen LogP contribution in [0.15, 0.2) is 91.0 Å². The number of hydrogen-bond donors (Lipinski definition) is 0. The van der Waals surface area contributed by atoms with E-state index in [2.05, 4.69) is 0 Å². The Morgan fingerprint density at radius 2 is 1.34 bits per heavy atom. The molecular weight excluding hydrogens is 526 g/mol. The zero-order chi connectivity index (χ0) is 29.1. The van der Waals surface area contributed by atoms with Crippen LogP contribution in [0.1, 0.15) is 57.4 Å². The fourth-order valence-electron chi connectivity index (χ4n) is 4.26. The lowest BCUT2D eigenvalue weighted by molar-refractivity contribution is 0.0474. The molecule has 9 heteroatoms. The molecule has 1 heterocycles. The number of carbonyl (C=O) groups is 5. The Hall–Kier alpha value is -5.57. The fourth-order valence-corrected chi connectivity index (χ4v) is 4.26. The number of methoxy groups -OCH3 is 1. The molecule has 0 bridgehead atoms. The molecule has 0 radical (unpaired) electrons. The van der Waals surface area contributed by atoms with Crippen LogP contribution < -0.4 is 14.4 Å². The summed E-state index contributed by atoms with van der Waals surface area (Å²) >= 11 is 0. The van der Waals surface area contributed by atoms with Crippen molar-refractivity contribution in [2.75, 3.05) is 18.6 Å². The molecule has 0 N–H and O–H groups in total. The normalized spacial score (nSPS) is 12.1. The first kappa shape index (κ1) is 27.0. The van der Waals surface area contributed by atoms with Crippen molar-refractivity contribution in [3.05, 3.63) is 124 Å². The fraction of sp³-hybridized carbons (Fsp3) is 0.0938. The lowest BCUT2D eigenvalue weighted by atomic mass is 10.1. The zero-order valence-electron chi connectivity index (χ0n) is 22.1. The predicted molar refractivity (Wildman–Crippen MR) is 148 cm³/mol. The maximum Gasteiger partial charge on any atom is 0.343 e. The number of carbonyl (C=O) groups excluding carboxylic acids is 5. The van der Waals surface area contributed by atoms with Gasteiger partial charge in [-0.1, -0.05) is 29.8 Å². The largest absolute Gasteiger partial charge is 0.495 e. The van der Waals surface area contributed by atoms with Crippen LogP contribution in [-0.4, -0.2) is 43.3 Å². The van der Waals surface area contributed by atoms with Crippen LogP contribution in [0.5, 0.6) is 11.5 Å². The monoisotopic (exact) mass is 549 g/mol. The number of anilines is 1. The van der Waals surface area contributed by atoms with E-state index in [9.17, 15) is 24.0 Å². The van der Waals surface area contributed by atoms with E-state index < -0.39 is 36.1 Å². The van der Waals surface area contributed by atoms with E-state index >= 15 is 0 Å². The van der Waals surface area contributed by atoms with E-state index in [1.807, 2.05) is 6.92 Å². The first-order valence-electron chi connectivity index (χ1n) is 12.5. The third kappa shape index (κ3) is 5.46. The maximum absolute atomic E-state index is 13.1. The first-order chi connectivity index (χ1) is 19.8. The molecule has 0 aromatic heterocycles. The number of hydrogen-bond acceptors (Lipinski definition) is 8. The van der Waals surface area contributed by atoms with Gasteiger partial charge in [0.25, 0.3) is 11.8 Å². The second kappa shape index (κ2) is 11.3. The molecule has 0 fully saturated rings. The van der Waals surface area contributed by atoms with Gasteiger partial charge >= 0.3 is 11.9 Å². The minimum absolute atomic E-state index is 0.0120. The lowest BCUT2D eigenvalue weighted by Crippen LogP contribution is -2.29. The minimum Gasteiger partial charge on any atom is -0.495 e. The van der Waals surface area contributed by atoms with Gasteiger partial charge < -0.3 is 14.2 Å². The van der Waals surface area contributed by atoms with Gasteiger partial charge in [0.05, 0.1) is 35.1 Å². The average Bonchev–Trinajstić information content (AvgIpc) is 3.24. The molecule has 9 nitrogen and oxygen atoms in total. The van der Waals surface area contributed by atoms with Crippen LogP contribution in [0.3, 0.4) is 0 Å². The lowest BCUT2D eigenvalue weighted by Gasteiger charge is -2.16. The number of imide groups is 1. The van der Waals surface area contributed by atoms with Gasteiger partial charge in [0.15, 0.2) is 12.4 Å². The average molecular weight is 550 g/mol. The van der Waals surface area contributed by atoms with Gasteiger partial charge in [-0.3, -0.25) is 14.4 Å². The molecule has 41 heavy (non-hydrogen) atoms. The number of benzene rings is 4. The van der Waals surface area contributed by atoms with E-state index in [0.717, 1.165) is 10.5 Å². The van der Waals surface area contributed by atoms with Gasteiger partial charge in [-0.05, 0) is 73.7 Å². The molecule has 0 atom stereocenters. The number of nitrogens with zero attached hydrogens (tertiary/aromatic N) is 1. The number of fused-ring (bicyclic) bond motifs is 1. The highest BCUT2D eigenvalue weighted by atomic mass is 16.5. The number of aryl methyl sites for hydroxylation is 1. The number of ketones is 1. The van der Waals surface area contributed by atoms with Crippen LogP contribution in [0.25, 0.3) is 0 Å². The maximum atomic E-state index is 13.1. The van der Waals surface area contributed by atoms with E-state index in [1.165, 1.54) is 49.6 Å². The van der Waals surface area contributed by atoms with Crippen molar-refractivity contribution in [1.82, 2.24) is 0 Å². The van der Waals surface area contributed by atoms with Gasteiger partial charge in [-0.2, -0.15) is 0 Å². The highest BCUT2D eigenvalue weighted by Gasteiger charge is 2.38. The molecule has 0 saturated heterocycles. The summed E-state index contributed by atoms with van der Waals surface area (Å²) in [5.41, 5.74) is 2.13. The summed E-state index contributed by atoms with van der Waals surface area (Å²) < 4.78 is 15.8. The molecule has 2 amide bonds. The second-order valence-corrected chi connectivity index (χ2v) is 9.16. The third-order valence-electron chi connectivity index (χ3n) is 6.46. The Bertz CT molecular complexity index is 1690. The molecule has 204 valence electrons. The molecule has 0 saturated carbocycles. The topological polar surface area (TPSA) is 116 Å². The number of Topliss-reactive ketones (excluding diaryl/α,β-unsaturated/α-hetero) is 1. The minimum atomic E-state index is -0.833. The molecule has 0 unspecified atom stereocenters. The molecule has 0 aliphatic carbocycles. The number of rotatable bonds is 8. The van der Waals surface area contributed by atoms with Gasteiger partial charge in [0.1, 0.15) is 11.5 Å². The summed E-state index contributed by atoms with van der Waals surface area (Å²) in [5, 5.41) is 0. The number of ether oxygens (including phenoxy) is 3. The second-order valence-electron chi connectivity index (χ2n) is 9.16. The molecule has 4 aromatic rings. The van der Waals surface area contributed by atoms with Gasteiger partial charge in [0.2, 0.25) is 0 Å². The summed E-state index contributed by atoms with van der Waals surface area (Å²) in [6.07, 6.45) is 0. The van der Waals surface area contributed by atoms with E-state index in [1.54, 1.807) is 48.5 Å². The first-order valence-corrected chi connectivity index (χ1v) is 12.5. The third-order valence-corrected chi connectivity index (χ3v) is 6.46. The quantitative estimate of drug-likeness (QED) is 0.130. The molecule has 4 aromatic carbocycles. The van der Waals surface area contributed by atoms with Crippen molar-refractivity contribution in [3.8, 4) is 11.5 Å². The van der Waals surface area contributed by atoms with Crippen molar-refractivity contribution in [2.24, 2.45) is 0 Å². The summed E-state index contributed by atoms with van der Waals surface area (Å²) in [5.74, 6) is -2.40. The van der Waals surface area contributed by atoms with Crippen LogP contribution in [0, 0.1) is 6.92 Å². The molecule has 5 rings (SSSR count). The van der Waals surface area contributed by atoms with Crippen molar-refractivity contribution in [1.29, 1.82) is 0 Å². The van der Waals surface area contributed by atoms with Crippen molar-refractivity contribution >= 4 is 35.2 Å². The Balaban J connectivity index is 1.21. The Morgan fingerprint density at radius 1 is 0.707 bits per heavy atom. The van der Waals surface area contributed by atoms with E-state index in [4.69, 9.17) is 14.2 Å². The summed E-state index contributed by atoms with van der Waals surface area (Å²) in [7, 11) is 1.43. The highest BCUT2D eigenvalue weighted by molar-refractivity contribution is 6.35. The smallest absolute Gasteiger partial charge is 0.343 e. The summed E-state index contributed by atoms with van der Waals surface area (Å²) in [6, 6.07) is 23.4. The van der Waals surface area contributed by atoms with E-state index in [-0.39, 0.29) is 33.7 Å². The number of esters is 2. The summed E-state index contributed by atoms with van der Waals surface area (Å²) in [4.78, 5) is 64.6. The standard InChI is InChI=1S/C32H23NO8/c1-19-7-9-21(10-8-19)32(38)41-23-14-11-20(12-15-23)27(34)18-40-31(37)22-13-16-24-25(17-22)30(36)33(29(24)35)26-5-3-4-6-28(26)39-2/h3-17H,18H2,1-2H3. The molecule has 1 aliphatic heterocycles. The Labute approximate surface area is 234 Å². The van der Waals surface area contributed by atoms with Crippen LogP contribution in [0.2, 0.25) is 0 Å².